The van der Waals surface area contributed by atoms with Crippen LogP contribution in [0.1, 0.15) is 64.4 Å². The number of Topliss-reactive ketones (excluding diaryl/α,β-unsaturated/α-hetero) is 1. The van der Waals surface area contributed by atoms with Gasteiger partial charge in [0.2, 0.25) is 17.7 Å². The van der Waals surface area contributed by atoms with Gasteiger partial charge in [0.25, 0.3) is 0 Å². The molecule has 10 nitrogen and oxygen atoms in total. The van der Waals surface area contributed by atoms with Crippen molar-refractivity contribution in [1.29, 1.82) is 0 Å². The first-order valence-electron chi connectivity index (χ1n) is 14.0. The van der Waals surface area contributed by atoms with Crippen LogP contribution in [-0.4, -0.2) is 72.2 Å². The van der Waals surface area contributed by atoms with Gasteiger partial charge in [0.05, 0.1) is 25.9 Å². The van der Waals surface area contributed by atoms with Gasteiger partial charge in [0, 0.05) is 12.3 Å². The molecule has 10 heteroatoms. The van der Waals surface area contributed by atoms with E-state index < -0.39 is 41.6 Å². The van der Waals surface area contributed by atoms with Crippen molar-refractivity contribution in [2.24, 2.45) is 11.8 Å². The van der Waals surface area contributed by atoms with Gasteiger partial charge >= 0.3 is 0 Å². The third-order valence-corrected chi connectivity index (χ3v) is 8.24. The number of aliphatic hydroxyl groups excluding tert-OH is 1. The number of ketones is 1. The van der Waals surface area contributed by atoms with Crippen LogP contribution >= 0.6 is 0 Å². The molecule has 0 aromatic heterocycles. The van der Waals surface area contributed by atoms with Gasteiger partial charge in [-0.15, -0.1) is 0 Å². The quantitative estimate of drug-likeness (QED) is 0.275. The molecule has 1 aliphatic heterocycles. The molecular weight excluding hydrogens is 502 g/mol. The number of rotatable bonds is 13. The Balaban J connectivity index is 1.46. The number of hydrogen-bond acceptors (Lipinski definition) is 7. The van der Waals surface area contributed by atoms with E-state index in [1.165, 1.54) is 0 Å². The number of carbonyl (C=O) groups excluding carboxylic acids is 4. The van der Waals surface area contributed by atoms with Crippen LogP contribution in [0.2, 0.25) is 0 Å². The fourth-order valence-corrected chi connectivity index (χ4v) is 5.40. The second kappa shape index (κ2) is 12.5. The maximum absolute atomic E-state index is 13.6. The maximum Gasteiger partial charge on any atom is 0.243 e. The number of nitrogens with one attached hydrogen (secondary N) is 3. The summed E-state index contributed by atoms with van der Waals surface area (Å²) < 4.78 is 10.6. The summed E-state index contributed by atoms with van der Waals surface area (Å²) in [7, 11) is 1.57. The first-order valence-corrected chi connectivity index (χ1v) is 14.0. The van der Waals surface area contributed by atoms with Crippen LogP contribution < -0.4 is 20.7 Å². The Morgan fingerprint density at radius 1 is 1.03 bits per heavy atom. The number of ether oxygens (including phenoxy) is 2. The number of hydrogen-bond donors (Lipinski definition) is 4. The molecule has 3 fully saturated rings. The van der Waals surface area contributed by atoms with E-state index >= 15 is 0 Å². The molecule has 2 saturated carbocycles. The van der Waals surface area contributed by atoms with E-state index in [0.717, 1.165) is 31.2 Å². The summed E-state index contributed by atoms with van der Waals surface area (Å²) in [4.78, 5) is 52.4. The van der Waals surface area contributed by atoms with Crippen LogP contribution in [0.3, 0.4) is 0 Å². The van der Waals surface area contributed by atoms with Crippen LogP contribution in [0.4, 0.5) is 0 Å². The summed E-state index contributed by atoms with van der Waals surface area (Å²) in [5.74, 6) is -0.687. The van der Waals surface area contributed by atoms with Crippen molar-refractivity contribution in [3.63, 3.8) is 0 Å². The highest BCUT2D eigenvalue weighted by Gasteiger charge is 2.50. The summed E-state index contributed by atoms with van der Waals surface area (Å²) in [6, 6.07) is 4.64. The fourth-order valence-electron chi connectivity index (χ4n) is 5.40. The van der Waals surface area contributed by atoms with Crippen molar-refractivity contribution in [1.82, 2.24) is 16.0 Å². The van der Waals surface area contributed by atoms with E-state index in [2.05, 4.69) is 16.0 Å². The number of methoxy groups -OCH3 is 1. The average Bonchev–Trinajstić information content (AvgIpc) is 3.44. The second-order valence-electron chi connectivity index (χ2n) is 11.5. The van der Waals surface area contributed by atoms with Crippen molar-refractivity contribution in [3.05, 3.63) is 29.8 Å². The smallest absolute Gasteiger partial charge is 0.243 e. The number of amides is 3. The lowest BCUT2D eigenvalue weighted by Crippen LogP contribution is -2.57. The van der Waals surface area contributed by atoms with Gasteiger partial charge in [-0.2, -0.15) is 0 Å². The largest absolute Gasteiger partial charge is 0.497 e. The van der Waals surface area contributed by atoms with E-state index in [4.69, 9.17) is 9.47 Å². The molecule has 2 aliphatic carbocycles. The number of carbonyl (C=O) groups is 4. The molecule has 4 N–H and O–H groups in total. The molecule has 1 aromatic carbocycles. The summed E-state index contributed by atoms with van der Waals surface area (Å²) in [6.07, 6.45) is 5.30. The van der Waals surface area contributed by atoms with Crippen molar-refractivity contribution >= 4 is 23.5 Å². The SMILES string of the molecule is COc1ccc(C[C@H](NC(=O)[C@@H](C)NC(=O)[C@H]2C[C@H](O)C2)C(=O)N[C@@H](CC2CCCC2)C(=O)[C@@]2(C)CO2)cc1. The highest BCUT2D eigenvalue weighted by Crippen LogP contribution is 2.33. The number of benzene rings is 1. The molecule has 0 spiro atoms. The predicted molar refractivity (Wildman–Crippen MR) is 143 cm³/mol. The summed E-state index contributed by atoms with van der Waals surface area (Å²) in [5.41, 5.74) is -0.0772. The van der Waals surface area contributed by atoms with E-state index in [1.807, 2.05) is 12.1 Å². The number of epoxide rings is 1. The van der Waals surface area contributed by atoms with Crippen molar-refractivity contribution in [2.75, 3.05) is 13.7 Å². The molecule has 39 heavy (non-hydrogen) atoms. The molecule has 0 bridgehead atoms. The molecule has 1 aromatic rings. The van der Waals surface area contributed by atoms with Crippen LogP contribution in [0.15, 0.2) is 24.3 Å². The molecule has 3 aliphatic rings. The Bertz CT molecular complexity index is 1040. The molecule has 0 unspecified atom stereocenters. The zero-order chi connectivity index (χ0) is 28.2. The molecule has 3 amide bonds. The zero-order valence-corrected chi connectivity index (χ0v) is 23.0. The van der Waals surface area contributed by atoms with E-state index in [1.54, 1.807) is 33.1 Å². The highest BCUT2D eigenvalue weighted by atomic mass is 16.6. The summed E-state index contributed by atoms with van der Waals surface area (Å²) in [6.45, 7) is 3.64. The molecule has 0 radical (unpaired) electrons. The highest BCUT2D eigenvalue weighted by molar-refractivity contribution is 5.98. The Morgan fingerprint density at radius 2 is 1.64 bits per heavy atom. The van der Waals surface area contributed by atoms with Crippen molar-refractivity contribution in [2.45, 2.75) is 95.0 Å². The molecule has 1 heterocycles. The lowest BCUT2D eigenvalue weighted by molar-refractivity contribution is -0.136. The standard InChI is InChI=1S/C29H41N3O7/c1-17(30-27(36)20-14-21(33)15-20)26(35)32-24(13-19-8-10-22(38-3)11-9-19)28(37)31-23(12-18-6-4-5-7-18)25(34)29(2)16-39-29/h8-11,17-18,20-21,23-24,33H,4-7,12-16H2,1-3H3,(H,30,36)(H,31,37)(H,32,35)/t17-,20-,21-,23+,24+,29-/m1/s1. The summed E-state index contributed by atoms with van der Waals surface area (Å²) >= 11 is 0. The third kappa shape index (κ3) is 7.57. The van der Waals surface area contributed by atoms with Gasteiger partial charge in [-0.25, -0.2) is 0 Å². The Labute approximate surface area is 229 Å². The minimum Gasteiger partial charge on any atom is -0.497 e. The molecular formula is C29H41N3O7. The van der Waals surface area contributed by atoms with Crippen LogP contribution in [0.5, 0.6) is 5.75 Å². The first kappa shape index (κ1) is 29.0. The van der Waals surface area contributed by atoms with Crippen LogP contribution in [-0.2, 0) is 30.3 Å². The zero-order valence-electron chi connectivity index (χ0n) is 23.0. The molecule has 214 valence electrons. The van der Waals surface area contributed by atoms with Gasteiger partial charge in [-0.05, 0) is 56.7 Å². The third-order valence-electron chi connectivity index (χ3n) is 8.24. The normalized spacial score (nSPS) is 26.5. The first-order chi connectivity index (χ1) is 18.6. The van der Waals surface area contributed by atoms with Gasteiger partial charge in [-0.1, -0.05) is 37.8 Å². The van der Waals surface area contributed by atoms with Gasteiger partial charge < -0.3 is 30.5 Å². The van der Waals surface area contributed by atoms with Crippen LogP contribution in [0.25, 0.3) is 0 Å². The Kier molecular flexibility index (Phi) is 9.27. The fraction of sp³-hybridized carbons (Fsp3) is 0.655. The van der Waals surface area contributed by atoms with Gasteiger partial charge in [-0.3, -0.25) is 19.2 Å². The monoisotopic (exact) mass is 543 g/mol. The summed E-state index contributed by atoms with van der Waals surface area (Å²) in [5, 5.41) is 17.9. The molecule has 4 rings (SSSR count). The van der Waals surface area contributed by atoms with E-state index in [-0.39, 0.29) is 24.0 Å². The maximum atomic E-state index is 13.6. The van der Waals surface area contributed by atoms with Crippen molar-refractivity contribution in [3.8, 4) is 5.75 Å². The number of aliphatic hydroxyl groups is 1. The van der Waals surface area contributed by atoms with Crippen LogP contribution in [0, 0.1) is 11.8 Å². The van der Waals surface area contributed by atoms with Gasteiger partial charge in [0.15, 0.2) is 5.78 Å². The molecule has 1 saturated heterocycles. The predicted octanol–water partition coefficient (Wildman–Crippen LogP) is 1.42. The van der Waals surface area contributed by atoms with Gasteiger partial charge in [0.1, 0.15) is 23.4 Å². The molecule has 4 atom stereocenters. The lowest BCUT2D eigenvalue weighted by atomic mass is 9.82. The second-order valence-corrected chi connectivity index (χ2v) is 11.5. The van der Waals surface area contributed by atoms with E-state index in [9.17, 15) is 24.3 Å². The lowest BCUT2D eigenvalue weighted by Gasteiger charge is -2.31. The van der Waals surface area contributed by atoms with Crippen molar-refractivity contribution < 1.29 is 33.8 Å². The topological polar surface area (TPSA) is 146 Å². The Morgan fingerprint density at radius 3 is 2.21 bits per heavy atom. The minimum atomic E-state index is -0.970. The average molecular weight is 544 g/mol. The van der Waals surface area contributed by atoms with E-state index in [0.29, 0.717) is 37.5 Å². The Hall–Kier alpha value is -2.98. The minimum absolute atomic E-state index is 0.138.